The van der Waals surface area contributed by atoms with Crippen molar-refractivity contribution >= 4 is 17.8 Å². The smallest absolute Gasteiger partial charge is 0.312 e. The van der Waals surface area contributed by atoms with Gasteiger partial charge in [0.05, 0.1) is 12.5 Å². The van der Waals surface area contributed by atoms with E-state index in [0.717, 1.165) is 19.3 Å². The molecule has 0 spiro atoms. The van der Waals surface area contributed by atoms with Crippen molar-refractivity contribution < 1.29 is 19.1 Å². The van der Waals surface area contributed by atoms with E-state index in [1.165, 1.54) is 0 Å². The molecule has 0 aromatic carbocycles. The second-order valence-corrected chi connectivity index (χ2v) is 6.66. The molecule has 2 rings (SSSR count). The van der Waals surface area contributed by atoms with Crippen molar-refractivity contribution in [1.82, 2.24) is 9.80 Å². The molecule has 2 aliphatic rings. The van der Waals surface area contributed by atoms with Gasteiger partial charge in [0.2, 0.25) is 0 Å². The van der Waals surface area contributed by atoms with Crippen LogP contribution in [0.2, 0.25) is 0 Å². The first-order valence-corrected chi connectivity index (χ1v) is 8.73. The van der Waals surface area contributed by atoms with Gasteiger partial charge in [0.15, 0.2) is 0 Å². The number of ether oxygens (including phenoxy) is 1. The summed E-state index contributed by atoms with van der Waals surface area (Å²) in [6, 6.07) is 0.236. The van der Waals surface area contributed by atoms with Gasteiger partial charge >= 0.3 is 17.8 Å². The number of carbonyl (C=O) groups is 3. The molecule has 0 saturated carbocycles. The quantitative estimate of drug-likeness (QED) is 0.571. The van der Waals surface area contributed by atoms with E-state index in [2.05, 4.69) is 0 Å². The van der Waals surface area contributed by atoms with Crippen LogP contribution in [0.5, 0.6) is 0 Å². The number of hydrogen-bond donors (Lipinski definition) is 0. The Morgan fingerprint density at radius 1 is 0.957 bits per heavy atom. The first kappa shape index (κ1) is 17.8. The standard InChI is InChI=1S/C17H28N2O4/c1-4-23-17(22)14-8-10-18(11-9-14)15(20)16(21)19-12(2)6-5-7-13(19)3/h12-14H,4-11H2,1-3H3. The zero-order chi connectivity index (χ0) is 17.0. The average molecular weight is 324 g/mol. The summed E-state index contributed by atoms with van der Waals surface area (Å²) < 4.78 is 5.03. The second kappa shape index (κ2) is 7.79. The molecule has 6 heteroatoms. The zero-order valence-electron chi connectivity index (χ0n) is 14.4. The highest BCUT2D eigenvalue weighted by molar-refractivity contribution is 6.35. The van der Waals surface area contributed by atoms with Crippen LogP contribution < -0.4 is 0 Å². The van der Waals surface area contributed by atoms with E-state index >= 15 is 0 Å². The second-order valence-electron chi connectivity index (χ2n) is 6.66. The number of nitrogens with zero attached hydrogens (tertiary/aromatic N) is 2. The number of amides is 2. The highest BCUT2D eigenvalue weighted by Crippen LogP contribution is 2.24. The van der Waals surface area contributed by atoms with Gasteiger partial charge in [-0.25, -0.2) is 0 Å². The van der Waals surface area contributed by atoms with Crippen LogP contribution in [0.4, 0.5) is 0 Å². The minimum absolute atomic E-state index is 0.118. The molecule has 2 heterocycles. The summed E-state index contributed by atoms with van der Waals surface area (Å²) in [5.41, 5.74) is 0. The normalized spacial score (nSPS) is 26.0. The van der Waals surface area contributed by atoms with Crippen molar-refractivity contribution in [3.8, 4) is 0 Å². The highest BCUT2D eigenvalue weighted by Gasteiger charge is 2.37. The van der Waals surface area contributed by atoms with Crippen LogP contribution in [0.3, 0.4) is 0 Å². The molecule has 2 atom stereocenters. The maximum atomic E-state index is 12.6. The van der Waals surface area contributed by atoms with Crippen LogP contribution in [0.25, 0.3) is 0 Å². The minimum Gasteiger partial charge on any atom is -0.466 e. The summed E-state index contributed by atoms with van der Waals surface area (Å²) in [6.45, 7) is 7.08. The Hall–Kier alpha value is -1.59. The topological polar surface area (TPSA) is 66.9 Å². The lowest BCUT2D eigenvalue weighted by Crippen LogP contribution is -2.54. The third kappa shape index (κ3) is 4.03. The van der Waals surface area contributed by atoms with Gasteiger partial charge in [-0.2, -0.15) is 0 Å². The number of likely N-dealkylation sites (tertiary alicyclic amines) is 2. The van der Waals surface area contributed by atoms with Gasteiger partial charge in [0.25, 0.3) is 0 Å². The maximum absolute atomic E-state index is 12.6. The predicted molar refractivity (Wildman–Crippen MR) is 85.6 cm³/mol. The minimum atomic E-state index is -0.423. The van der Waals surface area contributed by atoms with Gasteiger partial charge in [-0.05, 0) is 52.9 Å². The molecule has 2 unspecified atom stereocenters. The van der Waals surface area contributed by atoms with Gasteiger partial charge in [-0.15, -0.1) is 0 Å². The molecule has 2 aliphatic heterocycles. The van der Waals surface area contributed by atoms with Gasteiger partial charge in [-0.1, -0.05) is 0 Å². The number of rotatable bonds is 2. The highest BCUT2D eigenvalue weighted by atomic mass is 16.5. The maximum Gasteiger partial charge on any atom is 0.312 e. The predicted octanol–water partition coefficient (Wildman–Crippen LogP) is 1.58. The Kier molecular flexibility index (Phi) is 6.02. The molecule has 2 fully saturated rings. The van der Waals surface area contributed by atoms with Gasteiger partial charge in [-0.3, -0.25) is 14.4 Å². The van der Waals surface area contributed by atoms with Crippen LogP contribution in [0.15, 0.2) is 0 Å². The van der Waals surface area contributed by atoms with E-state index < -0.39 is 5.91 Å². The van der Waals surface area contributed by atoms with Crippen LogP contribution >= 0.6 is 0 Å². The number of hydrogen-bond acceptors (Lipinski definition) is 4. The summed E-state index contributed by atoms with van der Waals surface area (Å²) in [6.07, 6.45) is 4.15. The molecule has 23 heavy (non-hydrogen) atoms. The molecule has 0 aromatic rings. The van der Waals surface area contributed by atoms with Crippen molar-refractivity contribution in [3.05, 3.63) is 0 Å². The van der Waals surface area contributed by atoms with Crippen LogP contribution in [-0.2, 0) is 19.1 Å². The van der Waals surface area contributed by atoms with E-state index in [9.17, 15) is 14.4 Å². The molecule has 2 saturated heterocycles. The number of carbonyl (C=O) groups excluding carboxylic acids is 3. The van der Waals surface area contributed by atoms with Gasteiger partial charge < -0.3 is 14.5 Å². The van der Waals surface area contributed by atoms with Crippen LogP contribution in [0, 0.1) is 5.92 Å². The summed E-state index contributed by atoms with van der Waals surface area (Å²) in [4.78, 5) is 40.2. The summed E-state index contributed by atoms with van der Waals surface area (Å²) in [7, 11) is 0. The van der Waals surface area contributed by atoms with Crippen LogP contribution in [0.1, 0.15) is 52.9 Å². The Bertz CT molecular complexity index is 448. The van der Waals surface area contributed by atoms with Crippen LogP contribution in [-0.4, -0.2) is 59.4 Å². The summed E-state index contributed by atoms with van der Waals surface area (Å²) in [5.74, 6) is -1.15. The van der Waals surface area contributed by atoms with E-state index in [-0.39, 0.29) is 29.9 Å². The van der Waals surface area contributed by atoms with Crippen molar-refractivity contribution in [2.24, 2.45) is 5.92 Å². The molecular weight excluding hydrogens is 296 g/mol. The van der Waals surface area contributed by atoms with E-state index in [1.807, 2.05) is 13.8 Å². The summed E-state index contributed by atoms with van der Waals surface area (Å²) in [5, 5.41) is 0. The monoisotopic (exact) mass is 324 g/mol. The first-order chi connectivity index (χ1) is 11.0. The number of piperidine rings is 2. The van der Waals surface area contributed by atoms with Gasteiger partial charge in [0.1, 0.15) is 0 Å². The Labute approximate surface area is 138 Å². The lowest BCUT2D eigenvalue weighted by Gasteiger charge is -2.40. The first-order valence-electron chi connectivity index (χ1n) is 8.73. The third-order valence-electron chi connectivity index (χ3n) is 5.01. The lowest BCUT2D eigenvalue weighted by atomic mass is 9.95. The molecule has 0 radical (unpaired) electrons. The van der Waals surface area contributed by atoms with Gasteiger partial charge in [0, 0.05) is 25.2 Å². The van der Waals surface area contributed by atoms with Crippen molar-refractivity contribution in [2.45, 2.75) is 65.0 Å². The third-order valence-corrected chi connectivity index (χ3v) is 5.01. The van der Waals surface area contributed by atoms with Crippen molar-refractivity contribution in [2.75, 3.05) is 19.7 Å². The number of esters is 1. The molecule has 2 amide bonds. The molecule has 6 nitrogen and oxygen atoms in total. The molecular formula is C17H28N2O4. The Balaban J connectivity index is 1.91. The zero-order valence-corrected chi connectivity index (χ0v) is 14.4. The van der Waals surface area contributed by atoms with E-state index in [0.29, 0.717) is 32.5 Å². The molecule has 0 aliphatic carbocycles. The lowest BCUT2D eigenvalue weighted by molar-refractivity contribution is -0.158. The average Bonchev–Trinajstić information content (AvgIpc) is 2.54. The Morgan fingerprint density at radius 3 is 2.04 bits per heavy atom. The van der Waals surface area contributed by atoms with Crippen molar-refractivity contribution in [3.63, 3.8) is 0 Å². The van der Waals surface area contributed by atoms with E-state index in [4.69, 9.17) is 4.74 Å². The summed E-state index contributed by atoms with van der Waals surface area (Å²) >= 11 is 0. The largest absolute Gasteiger partial charge is 0.466 e. The fourth-order valence-electron chi connectivity index (χ4n) is 3.65. The van der Waals surface area contributed by atoms with E-state index in [1.54, 1.807) is 16.7 Å². The molecule has 0 aromatic heterocycles. The van der Waals surface area contributed by atoms with Crippen molar-refractivity contribution in [1.29, 1.82) is 0 Å². The fraction of sp³-hybridized carbons (Fsp3) is 0.824. The molecule has 130 valence electrons. The molecule has 0 N–H and O–H groups in total. The SMILES string of the molecule is CCOC(=O)C1CCN(C(=O)C(=O)N2C(C)CCCC2C)CC1. The molecule has 0 bridgehead atoms. The fourth-order valence-corrected chi connectivity index (χ4v) is 3.65. The Morgan fingerprint density at radius 2 is 1.52 bits per heavy atom.